The molecule has 3 aromatic rings. The second-order valence-corrected chi connectivity index (χ2v) is 8.42. The number of nitrogens with one attached hydrogen (secondary N) is 2. The molecule has 0 spiro atoms. The van der Waals surface area contributed by atoms with Gasteiger partial charge < -0.3 is 14.1 Å². The molecule has 172 valence electrons. The van der Waals surface area contributed by atoms with Gasteiger partial charge in [-0.2, -0.15) is 0 Å². The van der Waals surface area contributed by atoms with Crippen LogP contribution in [0, 0.1) is 5.82 Å². The van der Waals surface area contributed by atoms with Crippen LogP contribution >= 0.6 is 0 Å². The van der Waals surface area contributed by atoms with Crippen molar-refractivity contribution >= 4 is 5.91 Å². The lowest BCUT2D eigenvalue weighted by molar-refractivity contribution is -0.134. The Hall–Kier alpha value is -3.30. The Kier molecular flexibility index (Phi) is 6.06. The van der Waals surface area contributed by atoms with E-state index in [1.807, 2.05) is 29.2 Å². The number of methoxy groups -OCH3 is 1. The van der Waals surface area contributed by atoms with Gasteiger partial charge in [0.15, 0.2) is 0 Å². The number of hydrogen-bond acceptors (Lipinski definition) is 7. The highest BCUT2D eigenvalue weighted by molar-refractivity contribution is 5.82. The van der Waals surface area contributed by atoms with Gasteiger partial charge in [-0.25, -0.2) is 15.2 Å². The van der Waals surface area contributed by atoms with Crippen LogP contribution in [0.15, 0.2) is 52.9 Å². The molecular formula is C24H26FN5O3. The van der Waals surface area contributed by atoms with Crippen LogP contribution in [0.4, 0.5) is 4.39 Å². The number of piperidine rings is 1. The zero-order chi connectivity index (χ0) is 22.8. The average Bonchev–Trinajstić information content (AvgIpc) is 3.55. The first-order valence-corrected chi connectivity index (χ1v) is 11.1. The zero-order valence-corrected chi connectivity index (χ0v) is 18.3. The topological polar surface area (TPSA) is 92.5 Å². The lowest BCUT2D eigenvalue weighted by Crippen LogP contribution is -2.48. The molecule has 33 heavy (non-hydrogen) atoms. The van der Waals surface area contributed by atoms with E-state index in [0.29, 0.717) is 36.9 Å². The summed E-state index contributed by atoms with van der Waals surface area (Å²) in [6, 6.07) is 13.5. The molecule has 2 atom stereocenters. The fourth-order valence-electron chi connectivity index (χ4n) is 4.55. The number of hydrogen-bond donors (Lipinski definition) is 2. The first kappa shape index (κ1) is 21.5. The molecule has 2 saturated heterocycles. The Balaban J connectivity index is 1.17. The van der Waals surface area contributed by atoms with E-state index in [2.05, 4.69) is 21.0 Å². The summed E-state index contributed by atoms with van der Waals surface area (Å²) in [4.78, 5) is 15.0. The lowest BCUT2D eigenvalue weighted by Gasteiger charge is -2.32. The van der Waals surface area contributed by atoms with Gasteiger partial charge in [0.2, 0.25) is 17.7 Å². The molecule has 5 rings (SSSR count). The summed E-state index contributed by atoms with van der Waals surface area (Å²) < 4.78 is 24.4. The van der Waals surface area contributed by atoms with Gasteiger partial charge in [-0.1, -0.05) is 18.2 Å². The normalized spacial score (nSPS) is 21.3. The standard InChI is InChI=1S/C24H26FN5O3/c1-32-21-5-3-2-4-18(21)19-14-20(27-26-19)24(31)30-12-10-16(11-13-30)23-29-28-22(33-23)15-6-8-17(25)9-7-15/h2-9,16,19-20,26-27H,10-14H2,1H3. The molecule has 2 N–H and O–H groups in total. The summed E-state index contributed by atoms with van der Waals surface area (Å²) >= 11 is 0. The number of halogens is 1. The van der Waals surface area contributed by atoms with Crippen molar-refractivity contribution in [3.05, 3.63) is 65.8 Å². The van der Waals surface area contributed by atoms with E-state index < -0.39 is 0 Å². The third-order valence-electron chi connectivity index (χ3n) is 6.40. The van der Waals surface area contributed by atoms with Gasteiger partial charge in [-0.05, 0) is 49.6 Å². The van der Waals surface area contributed by atoms with Crippen molar-refractivity contribution < 1.29 is 18.3 Å². The van der Waals surface area contributed by atoms with Crippen LogP contribution in [0.25, 0.3) is 11.5 Å². The maximum atomic E-state index is 13.1. The minimum absolute atomic E-state index is 0.0101. The van der Waals surface area contributed by atoms with Gasteiger partial charge >= 0.3 is 0 Å². The summed E-state index contributed by atoms with van der Waals surface area (Å²) in [7, 11) is 1.65. The van der Waals surface area contributed by atoms with Gasteiger partial charge in [0.25, 0.3) is 0 Å². The van der Waals surface area contributed by atoms with Gasteiger partial charge in [-0.3, -0.25) is 4.79 Å². The second kappa shape index (κ2) is 9.29. The molecule has 2 aromatic carbocycles. The van der Waals surface area contributed by atoms with Crippen LogP contribution in [0.2, 0.25) is 0 Å². The first-order valence-electron chi connectivity index (χ1n) is 11.1. The number of para-hydroxylation sites is 1. The Morgan fingerprint density at radius 3 is 2.61 bits per heavy atom. The fraction of sp³-hybridized carbons (Fsp3) is 0.375. The van der Waals surface area contributed by atoms with E-state index >= 15 is 0 Å². The number of aromatic nitrogens is 2. The van der Waals surface area contributed by atoms with Crippen LogP contribution in [0.5, 0.6) is 5.75 Å². The predicted molar refractivity (Wildman–Crippen MR) is 119 cm³/mol. The summed E-state index contributed by atoms with van der Waals surface area (Å²) in [6.07, 6.45) is 2.17. The number of ether oxygens (including phenoxy) is 1. The number of amides is 1. The number of likely N-dealkylation sites (tertiary alicyclic amines) is 1. The molecule has 0 bridgehead atoms. The Morgan fingerprint density at radius 1 is 1.09 bits per heavy atom. The zero-order valence-electron chi connectivity index (χ0n) is 18.3. The fourth-order valence-corrected chi connectivity index (χ4v) is 4.55. The van der Waals surface area contributed by atoms with Gasteiger partial charge in [0.1, 0.15) is 17.6 Å². The predicted octanol–water partition coefficient (Wildman–Crippen LogP) is 3.20. The van der Waals surface area contributed by atoms with Crippen LogP contribution < -0.4 is 15.6 Å². The van der Waals surface area contributed by atoms with Crippen molar-refractivity contribution in [2.24, 2.45) is 0 Å². The van der Waals surface area contributed by atoms with Crippen LogP contribution in [0.3, 0.4) is 0 Å². The molecular weight excluding hydrogens is 425 g/mol. The highest BCUT2D eigenvalue weighted by Crippen LogP contribution is 2.32. The van der Waals surface area contributed by atoms with Gasteiger partial charge in [0.05, 0.1) is 13.2 Å². The summed E-state index contributed by atoms with van der Waals surface area (Å²) in [5.41, 5.74) is 8.12. The van der Waals surface area contributed by atoms with Crippen LogP contribution in [-0.2, 0) is 4.79 Å². The Bertz CT molecular complexity index is 1110. The molecule has 1 aromatic heterocycles. The minimum atomic E-state index is -0.309. The number of hydrazine groups is 1. The molecule has 0 radical (unpaired) electrons. The van der Waals surface area contributed by atoms with Crippen molar-refractivity contribution in [3.63, 3.8) is 0 Å². The summed E-state index contributed by atoms with van der Waals surface area (Å²) in [5.74, 6) is 1.65. The highest BCUT2D eigenvalue weighted by atomic mass is 19.1. The van der Waals surface area contributed by atoms with E-state index in [0.717, 1.165) is 24.2 Å². The smallest absolute Gasteiger partial charge is 0.247 e. The highest BCUT2D eigenvalue weighted by Gasteiger charge is 2.36. The Labute approximate surface area is 191 Å². The molecule has 3 heterocycles. The molecule has 2 aliphatic heterocycles. The quantitative estimate of drug-likeness (QED) is 0.615. The molecule has 0 saturated carbocycles. The van der Waals surface area contributed by atoms with Crippen molar-refractivity contribution in [1.29, 1.82) is 0 Å². The van der Waals surface area contributed by atoms with E-state index in [-0.39, 0.29) is 29.7 Å². The number of benzene rings is 2. The minimum Gasteiger partial charge on any atom is -0.496 e. The van der Waals surface area contributed by atoms with E-state index in [4.69, 9.17) is 9.15 Å². The molecule has 9 heteroatoms. The van der Waals surface area contributed by atoms with E-state index in [9.17, 15) is 9.18 Å². The number of nitrogens with zero attached hydrogens (tertiary/aromatic N) is 3. The largest absolute Gasteiger partial charge is 0.496 e. The number of rotatable bonds is 5. The molecule has 2 aliphatic rings. The van der Waals surface area contributed by atoms with Crippen LogP contribution in [0.1, 0.15) is 42.7 Å². The number of carbonyl (C=O) groups is 1. The lowest BCUT2D eigenvalue weighted by atomic mass is 9.95. The molecule has 2 unspecified atom stereocenters. The van der Waals surface area contributed by atoms with E-state index in [1.165, 1.54) is 12.1 Å². The third kappa shape index (κ3) is 4.46. The summed E-state index contributed by atoms with van der Waals surface area (Å²) in [5, 5.41) is 8.31. The average molecular weight is 452 g/mol. The SMILES string of the molecule is COc1ccccc1C1CC(C(=O)N2CCC(c3nnc(-c4ccc(F)cc4)o3)CC2)NN1. The first-order chi connectivity index (χ1) is 16.1. The van der Waals surface area contributed by atoms with Crippen molar-refractivity contribution in [2.75, 3.05) is 20.2 Å². The molecule has 1 amide bonds. The van der Waals surface area contributed by atoms with Crippen molar-refractivity contribution in [1.82, 2.24) is 25.9 Å². The molecule has 8 nitrogen and oxygen atoms in total. The molecule has 2 fully saturated rings. The summed E-state index contributed by atoms with van der Waals surface area (Å²) in [6.45, 7) is 1.27. The van der Waals surface area contributed by atoms with E-state index in [1.54, 1.807) is 19.2 Å². The third-order valence-corrected chi connectivity index (χ3v) is 6.40. The Morgan fingerprint density at radius 2 is 1.85 bits per heavy atom. The number of carbonyl (C=O) groups excluding carboxylic acids is 1. The maximum Gasteiger partial charge on any atom is 0.247 e. The monoisotopic (exact) mass is 451 g/mol. The second-order valence-electron chi connectivity index (χ2n) is 8.42. The van der Waals surface area contributed by atoms with Crippen molar-refractivity contribution in [3.8, 4) is 17.2 Å². The van der Waals surface area contributed by atoms with Gasteiger partial charge in [-0.15, -0.1) is 10.2 Å². The van der Waals surface area contributed by atoms with Gasteiger partial charge in [0, 0.05) is 30.1 Å². The maximum absolute atomic E-state index is 13.1. The van der Waals surface area contributed by atoms with Crippen LogP contribution in [-0.4, -0.2) is 47.2 Å². The molecule has 0 aliphatic carbocycles. The van der Waals surface area contributed by atoms with Crippen molar-refractivity contribution in [2.45, 2.75) is 37.3 Å².